The quantitative estimate of drug-likeness (QED) is 0.440. The summed E-state index contributed by atoms with van der Waals surface area (Å²) in [6, 6.07) is 7.52. The Morgan fingerprint density at radius 2 is 2.00 bits per heavy atom. The molecule has 0 saturated carbocycles. The average molecular weight is 376 g/mol. The number of halogens is 1. The van der Waals surface area contributed by atoms with Gasteiger partial charge in [-0.2, -0.15) is 0 Å². The molecule has 2 rings (SSSR count). The van der Waals surface area contributed by atoms with Crippen molar-refractivity contribution in [3.8, 4) is 0 Å². The van der Waals surface area contributed by atoms with Gasteiger partial charge in [0.1, 0.15) is 9.90 Å². The molecule has 0 bridgehead atoms. The molecule has 1 aromatic heterocycles. The zero-order valence-corrected chi connectivity index (χ0v) is 14.5. The number of thiophene rings is 1. The van der Waals surface area contributed by atoms with E-state index >= 15 is 0 Å². The smallest absolute Gasteiger partial charge is 0.293 e. The summed E-state index contributed by atoms with van der Waals surface area (Å²) in [6.07, 6.45) is 0. The highest BCUT2D eigenvalue weighted by atomic mass is 35.5. The zero-order valence-electron chi connectivity index (χ0n) is 12.1. The molecule has 0 aliphatic rings. The Morgan fingerprint density at radius 3 is 2.61 bits per heavy atom. The van der Waals surface area contributed by atoms with E-state index in [1.807, 2.05) is 6.92 Å². The molecule has 7 nitrogen and oxygen atoms in total. The Balaban J connectivity index is 1.95. The van der Waals surface area contributed by atoms with Gasteiger partial charge in [-0.25, -0.2) is 13.1 Å². The number of nitrogens with one attached hydrogen (secondary N) is 2. The van der Waals surface area contributed by atoms with Crippen LogP contribution in [0.3, 0.4) is 0 Å². The second-order valence-electron chi connectivity index (χ2n) is 4.61. The summed E-state index contributed by atoms with van der Waals surface area (Å²) in [5.74, 6) is 0. The van der Waals surface area contributed by atoms with Crippen molar-refractivity contribution in [3.63, 3.8) is 0 Å². The molecule has 0 atom stereocenters. The molecule has 0 radical (unpaired) electrons. The molecule has 1 heterocycles. The fraction of sp³-hybridized carbons (Fsp3) is 0.231. The largest absolute Gasteiger partial charge is 0.378 e. The molecule has 0 fully saturated rings. The van der Waals surface area contributed by atoms with E-state index in [-0.39, 0.29) is 33.7 Å². The van der Waals surface area contributed by atoms with Gasteiger partial charge < -0.3 is 5.32 Å². The fourth-order valence-electron chi connectivity index (χ4n) is 1.82. The van der Waals surface area contributed by atoms with Crippen LogP contribution in [0.15, 0.2) is 34.5 Å². The minimum absolute atomic E-state index is 0.0963. The van der Waals surface area contributed by atoms with Crippen molar-refractivity contribution in [3.05, 3.63) is 50.3 Å². The first-order valence-electron chi connectivity index (χ1n) is 6.53. The number of nitro benzene ring substituents is 1. The van der Waals surface area contributed by atoms with Gasteiger partial charge in [0.15, 0.2) is 0 Å². The SMILES string of the molecule is Cc1ccc(S(=O)(=O)NCCNc2ccc(Cl)cc2[N+](=O)[O-])s1. The number of benzene rings is 1. The van der Waals surface area contributed by atoms with Crippen molar-refractivity contribution in [1.82, 2.24) is 4.72 Å². The first kappa shape index (κ1) is 17.7. The topological polar surface area (TPSA) is 101 Å². The summed E-state index contributed by atoms with van der Waals surface area (Å²) in [5.41, 5.74) is 0.125. The number of rotatable bonds is 7. The van der Waals surface area contributed by atoms with Gasteiger partial charge in [0.2, 0.25) is 10.0 Å². The predicted molar refractivity (Wildman–Crippen MR) is 90.8 cm³/mol. The Labute approximate surface area is 142 Å². The van der Waals surface area contributed by atoms with Crippen LogP contribution in [0.5, 0.6) is 0 Å². The minimum Gasteiger partial charge on any atom is -0.378 e. The highest BCUT2D eigenvalue weighted by Crippen LogP contribution is 2.27. The first-order chi connectivity index (χ1) is 10.8. The van der Waals surface area contributed by atoms with Crippen molar-refractivity contribution < 1.29 is 13.3 Å². The third-order valence-corrected chi connectivity index (χ3v) is 6.06. The molecule has 0 amide bonds. The normalized spacial score (nSPS) is 11.4. The molecule has 10 heteroatoms. The summed E-state index contributed by atoms with van der Waals surface area (Å²) < 4.78 is 26.7. The lowest BCUT2D eigenvalue weighted by molar-refractivity contribution is -0.383. The fourth-order valence-corrected chi connectivity index (χ4v) is 4.34. The van der Waals surface area contributed by atoms with Crippen molar-refractivity contribution in [2.45, 2.75) is 11.1 Å². The van der Waals surface area contributed by atoms with Crippen LogP contribution in [0.4, 0.5) is 11.4 Å². The van der Waals surface area contributed by atoms with Crippen LogP contribution in [0.2, 0.25) is 5.02 Å². The van der Waals surface area contributed by atoms with E-state index in [9.17, 15) is 18.5 Å². The molecule has 0 spiro atoms. The van der Waals surface area contributed by atoms with Gasteiger partial charge in [0, 0.05) is 29.1 Å². The maximum absolute atomic E-state index is 12.0. The zero-order chi connectivity index (χ0) is 17.0. The van der Waals surface area contributed by atoms with Gasteiger partial charge in [-0.1, -0.05) is 11.6 Å². The molecule has 0 unspecified atom stereocenters. The summed E-state index contributed by atoms with van der Waals surface area (Å²) in [6.45, 7) is 2.12. The van der Waals surface area contributed by atoms with E-state index in [0.717, 1.165) is 4.88 Å². The molecule has 1 aromatic carbocycles. The van der Waals surface area contributed by atoms with E-state index in [0.29, 0.717) is 0 Å². The van der Waals surface area contributed by atoms with Gasteiger partial charge in [0.25, 0.3) is 5.69 Å². The highest BCUT2D eigenvalue weighted by Gasteiger charge is 2.16. The first-order valence-corrected chi connectivity index (χ1v) is 9.21. The minimum atomic E-state index is -3.55. The monoisotopic (exact) mass is 375 g/mol. The van der Waals surface area contributed by atoms with Gasteiger partial charge in [-0.3, -0.25) is 10.1 Å². The molecule has 0 aliphatic heterocycles. The third kappa shape index (κ3) is 4.64. The Morgan fingerprint density at radius 1 is 1.26 bits per heavy atom. The summed E-state index contributed by atoms with van der Waals surface area (Å²) >= 11 is 6.91. The van der Waals surface area contributed by atoms with Crippen LogP contribution in [0, 0.1) is 17.0 Å². The van der Waals surface area contributed by atoms with Gasteiger partial charge in [-0.05, 0) is 31.2 Å². The van der Waals surface area contributed by atoms with Crippen LogP contribution >= 0.6 is 22.9 Å². The summed E-state index contributed by atoms with van der Waals surface area (Å²) in [7, 11) is -3.55. The number of aryl methyl sites for hydroxylation is 1. The number of hydrogen-bond donors (Lipinski definition) is 2. The van der Waals surface area contributed by atoms with Crippen LogP contribution in [0.1, 0.15) is 4.88 Å². The molecular formula is C13H14ClN3O4S2. The van der Waals surface area contributed by atoms with E-state index < -0.39 is 14.9 Å². The molecule has 2 N–H and O–H groups in total. The van der Waals surface area contributed by atoms with Crippen LogP contribution in [-0.4, -0.2) is 26.4 Å². The lowest BCUT2D eigenvalue weighted by Gasteiger charge is -2.08. The highest BCUT2D eigenvalue weighted by molar-refractivity contribution is 7.91. The second kappa shape index (κ2) is 7.26. The summed E-state index contributed by atoms with van der Waals surface area (Å²) in [4.78, 5) is 11.3. The number of nitrogens with zero attached hydrogens (tertiary/aromatic N) is 1. The molecule has 0 aliphatic carbocycles. The number of nitro groups is 1. The molecule has 23 heavy (non-hydrogen) atoms. The van der Waals surface area contributed by atoms with Crippen LogP contribution in [-0.2, 0) is 10.0 Å². The average Bonchev–Trinajstić information content (AvgIpc) is 2.92. The molecule has 124 valence electrons. The van der Waals surface area contributed by atoms with E-state index in [2.05, 4.69) is 10.0 Å². The standard InChI is InChI=1S/C13H14ClN3O4S2/c1-9-2-5-13(22-9)23(20,21)16-7-6-15-11-4-3-10(14)8-12(11)17(18)19/h2-5,8,15-16H,6-7H2,1H3. The predicted octanol–water partition coefficient (Wildman–Crippen LogP) is 3.01. The number of sulfonamides is 1. The van der Waals surface area contributed by atoms with Crippen LogP contribution < -0.4 is 10.0 Å². The maximum atomic E-state index is 12.0. The van der Waals surface area contributed by atoms with Gasteiger partial charge in [0.05, 0.1) is 4.92 Å². The third-order valence-electron chi connectivity index (χ3n) is 2.87. The Bertz CT molecular complexity index is 820. The molecule has 2 aromatic rings. The van der Waals surface area contributed by atoms with Crippen molar-refractivity contribution in [2.75, 3.05) is 18.4 Å². The lowest BCUT2D eigenvalue weighted by atomic mass is 10.2. The molecular weight excluding hydrogens is 362 g/mol. The number of anilines is 1. The van der Waals surface area contributed by atoms with Crippen molar-refractivity contribution in [2.24, 2.45) is 0 Å². The van der Waals surface area contributed by atoms with Gasteiger partial charge >= 0.3 is 0 Å². The van der Waals surface area contributed by atoms with E-state index in [4.69, 9.17) is 11.6 Å². The number of hydrogen-bond acceptors (Lipinski definition) is 6. The van der Waals surface area contributed by atoms with E-state index in [1.165, 1.54) is 29.5 Å². The van der Waals surface area contributed by atoms with Gasteiger partial charge in [-0.15, -0.1) is 11.3 Å². The second-order valence-corrected chi connectivity index (χ2v) is 8.33. The van der Waals surface area contributed by atoms with Crippen molar-refractivity contribution >= 4 is 44.3 Å². The van der Waals surface area contributed by atoms with Crippen LogP contribution in [0.25, 0.3) is 0 Å². The molecule has 0 saturated heterocycles. The maximum Gasteiger partial charge on any atom is 0.293 e. The Kier molecular flexibility index (Phi) is 5.58. The van der Waals surface area contributed by atoms with E-state index in [1.54, 1.807) is 12.1 Å². The summed E-state index contributed by atoms with van der Waals surface area (Å²) in [5, 5.41) is 14.0. The van der Waals surface area contributed by atoms with Crippen molar-refractivity contribution in [1.29, 1.82) is 0 Å². The Hall–Kier alpha value is -1.68. The lowest BCUT2D eigenvalue weighted by Crippen LogP contribution is -2.28.